The van der Waals surface area contributed by atoms with Crippen LogP contribution in [0.15, 0.2) is 4.99 Å². The van der Waals surface area contributed by atoms with Crippen LogP contribution in [-0.4, -0.2) is 81.8 Å². The summed E-state index contributed by atoms with van der Waals surface area (Å²) in [6.45, 7) is 8.82. The van der Waals surface area contributed by atoms with Crippen molar-refractivity contribution in [1.82, 2.24) is 20.9 Å². The van der Waals surface area contributed by atoms with Crippen molar-refractivity contribution in [3.05, 3.63) is 0 Å². The summed E-state index contributed by atoms with van der Waals surface area (Å²) < 4.78 is 8.79. The first-order chi connectivity index (χ1) is 21.9. The maximum atomic E-state index is 13.6. The molecule has 0 aliphatic carbocycles. The number of carbonyl (C=O) groups excluding carboxylic acids is 1. The summed E-state index contributed by atoms with van der Waals surface area (Å²) >= 11 is 0. The van der Waals surface area contributed by atoms with Gasteiger partial charge in [0.05, 0.1) is 42.2 Å². The molecule has 3 fully saturated rings. The van der Waals surface area contributed by atoms with Crippen molar-refractivity contribution in [2.24, 2.45) is 10.9 Å². The van der Waals surface area contributed by atoms with Gasteiger partial charge < -0.3 is 15.0 Å². The van der Waals surface area contributed by atoms with Crippen LogP contribution in [0.4, 0.5) is 0 Å². The summed E-state index contributed by atoms with van der Waals surface area (Å²) in [5, 5.41) is 11.4. The fourth-order valence-corrected chi connectivity index (χ4v) is 9.85. The largest absolute Gasteiger partial charge is 0.462 e. The van der Waals surface area contributed by atoms with Gasteiger partial charge in [0.1, 0.15) is 0 Å². The summed E-state index contributed by atoms with van der Waals surface area (Å²) in [4.78, 5) is 21.1. The van der Waals surface area contributed by atoms with Crippen LogP contribution in [0, 0.1) is 5.92 Å². The van der Waals surface area contributed by atoms with E-state index in [9.17, 15) is 4.79 Å². The molecule has 6 rings (SSSR count). The lowest BCUT2D eigenvalue weighted by Crippen LogP contribution is -2.63. The second-order valence-electron chi connectivity index (χ2n) is 15.8. The Kier molecular flexibility index (Phi) is 11.2. The van der Waals surface area contributed by atoms with Gasteiger partial charge in [-0.3, -0.25) is 20.0 Å². The first kappa shape index (κ1) is 32.9. The first-order valence-corrected chi connectivity index (χ1v) is 19.4. The quantitative estimate of drug-likeness (QED) is 0.107. The number of nitrogens with one attached hydrogen (secondary N) is 3. The van der Waals surface area contributed by atoms with Crippen molar-refractivity contribution in [3.63, 3.8) is 0 Å². The number of ether oxygens (including phenoxy) is 1. The normalized spacial score (nSPS) is 35.5. The minimum absolute atomic E-state index is 0.0225. The molecule has 0 aromatic heterocycles. The molecule has 0 radical (unpaired) electrons. The summed E-state index contributed by atoms with van der Waals surface area (Å²) in [5.74, 6) is 2.20. The number of aliphatic imine (C=N–C) groups is 1. The smallest absolute Gasteiger partial charge is 0.346 e. The maximum absolute atomic E-state index is 13.6. The van der Waals surface area contributed by atoms with Gasteiger partial charge in [0.15, 0.2) is 5.96 Å². The molecule has 6 aliphatic rings. The summed E-state index contributed by atoms with van der Waals surface area (Å²) in [6.07, 6.45) is 25.2. The predicted octanol–water partition coefficient (Wildman–Crippen LogP) is 6.22. The first-order valence-electron chi connectivity index (χ1n) is 19.4. The molecule has 0 spiro atoms. The molecule has 6 aliphatic heterocycles. The number of guanidine groups is 2. The number of nitrogens with zero attached hydrogens (tertiary/aromatic N) is 3. The van der Waals surface area contributed by atoms with Gasteiger partial charge in [-0.15, -0.1) is 0 Å². The molecule has 3 N–H and O–H groups in total. The van der Waals surface area contributed by atoms with Crippen molar-refractivity contribution in [2.75, 3.05) is 0 Å². The maximum Gasteiger partial charge on any atom is 0.346 e. The number of carbonyl (C=O) groups is 1. The minimum atomic E-state index is -0.150. The lowest BCUT2D eigenvalue weighted by Gasteiger charge is -2.47. The zero-order chi connectivity index (χ0) is 31.3. The van der Waals surface area contributed by atoms with E-state index in [1.165, 1.54) is 115 Å². The molecule has 6 heterocycles. The van der Waals surface area contributed by atoms with E-state index in [0.29, 0.717) is 24.2 Å². The van der Waals surface area contributed by atoms with Gasteiger partial charge in [-0.2, -0.15) is 0 Å². The molecule has 45 heavy (non-hydrogen) atoms. The van der Waals surface area contributed by atoms with Crippen molar-refractivity contribution in [2.45, 2.75) is 211 Å². The highest BCUT2D eigenvalue weighted by molar-refractivity contribution is 5.86. The Morgan fingerprint density at radius 2 is 1.56 bits per heavy atom. The third-order valence-electron chi connectivity index (χ3n) is 12.1. The molecule has 254 valence electrons. The molecule has 0 saturated carbocycles. The molecule has 8 heteroatoms. The predicted molar refractivity (Wildman–Crippen MR) is 183 cm³/mol. The molecule has 10 atom stereocenters. The number of unbranched alkanes of at least 4 members (excludes halogenated alkanes) is 8. The lowest BCUT2D eigenvalue weighted by atomic mass is 9.89. The van der Waals surface area contributed by atoms with Crippen LogP contribution in [0.3, 0.4) is 0 Å². The van der Waals surface area contributed by atoms with E-state index in [4.69, 9.17) is 9.73 Å². The number of hydrogen-bond acceptors (Lipinski definition) is 7. The second kappa shape index (κ2) is 15.3. The van der Waals surface area contributed by atoms with Crippen LogP contribution in [0.2, 0.25) is 0 Å². The van der Waals surface area contributed by atoms with Crippen LogP contribution in [-0.2, 0) is 9.53 Å². The molecule has 0 bridgehead atoms. The Labute approximate surface area is 274 Å². The van der Waals surface area contributed by atoms with Gasteiger partial charge in [0.2, 0.25) is 0 Å². The van der Waals surface area contributed by atoms with Gasteiger partial charge in [-0.05, 0) is 78.6 Å². The highest BCUT2D eigenvalue weighted by Crippen LogP contribution is 2.40. The van der Waals surface area contributed by atoms with E-state index < -0.39 is 0 Å². The molecule has 0 aromatic carbocycles. The van der Waals surface area contributed by atoms with Crippen LogP contribution in [0.1, 0.15) is 156 Å². The van der Waals surface area contributed by atoms with Gasteiger partial charge in [0, 0.05) is 31.0 Å². The Bertz CT molecular complexity index is 1060. The van der Waals surface area contributed by atoms with Crippen molar-refractivity contribution >= 4 is 17.9 Å². The van der Waals surface area contributed by atoms with Gasteiger partial charge in [-0.1, -0.05) is 64.7 Å². The van der Waals surface area contributed by atoms with Crippen molar-refractivity contribution in [3.8, 4) is 0 Å². The average molecular weight is 626 g/mol. The number of rotatable bonds is 16. The highest BCUT2D eigenvalue weighted by atomic mass is 16.5. The molecule has 3 saturated heterocycles. The summed E-state index contributed by atoms with van der Waals surface area (Å²) in [6, 6.07) is 3.89. The van der Waals surface area contributed by atoms with E-state index in [2.05, 4.69) is 53.1 Å². The standard InChI is InChI=1S/C37H64N6O2/c1-5-6-7-8-9-10-13-16-29-24-32-20-21-33-34(27(4)39-37(41-29)43(32)33)35(44)45-26(3)15-12-11-14-17-28-23-31-19-18-30-22-25(2)38-36(40-28)42(30)31/h25-34H,5-24H2,1-4H3,(H2,38,39,40,41)/p+1/t25-,26+,27+,28+,29+,30+,31-,32-,33-,34-/m0/s1. The van der Waals surface area contributed by atoms with Crippen molar-refractivity contribution < 1.29 is 14.1 Å². The van der Waals surface area contributed by atoms with E-state index >= 15 is 0 Å². The SMILES string of the molecule is CCCCCCCCC[C@@H]1C[C@@H]2CC[C@H]3[C@@H](C(=O)O[C@H](C)CCCCC[C@@H]4C[C@@H]5CC[C@@H]6C[C@H](C)NC(=[N+]65)N4)[C@@H](C)N=C(N1)N23. The van der Waals surface area contributed by atoms with Gasteiger partial charge >= 0.3 is 11.9 Å². The third-order valence-corrected chi connectivity index (χ3v) is 12.1. The zero-order valence-electron chi connectivity index (χ0n) is 29.1. The molecule has 0 amide bonds. The minimum Gasteiger partial charge on any atom is -0.462 e. The van der Waals surface area contributed by atoms with Gasteiger partial charge in [-0.25, -0.2) is 4.99 Å². The second-order valence-corrected chi connectivity index (χ2v) is 15.8. The van der Waals surface area contributed by atoms with E-state index in [1.54, 1.807) is 0 Å². The molecular weight excluding hydrogens is 560 g/mol. The molecule has 8 nitrogen and oxygen atoms in total. The van der Waals surface area contributed by atoms with Crippen LogP contribution >= 0.6 is 0 Å². The highest BCUT2D eigenvalue weighted by Gasteiger charge is 2.51. The van der Waals surface area contributed by atoms with Crippen LogP contribution in [0.25, 0.3) is 0 Å². The van der Waals surface area contributed by atoms with E-state index in [1.807, 2.05) is 0 Å². The van der Waals surface area contributed by atoms with Crippen molar-refractivity contribution in [1.29, 1.82) is 0 Å². The van der Waals surface area contributed by atoms with Crippen LogP contribution in [0.5, 0.6) is 0 Å². The Balaban J connectivity index is 0.898. The molecular formula is C37H65N6O2+. The molecule has 0 aromatic rings. The van der Waals surface area contributed by atoms with E-state index in [0.717, 1.165) is 37.3 Å². The van der Waals surface area contributed by atoms with E-state index in [-0.39, 0.29) is 30.1 Å². The monoisotopic (exact) mass is 626 g/mol. The average Bonchev–Trinajstić information content (AvgIpc) is 3.61. The fraction of sp³-hybridized carbons (Fsp3) is 0.919. The zero-order valence-corrected chi connectivity index (χ0v) is 29.1. The van der Waals surface area contributed by atoms with Crippen LogP contribution < -0.4 is 16.0 Å². The Morgan fingerprint density at radius 1 is 0.867 bits per heavy atom. The fourth-order valence-electron chi connectivity index (χ4n) is 9.85. The third kappa shape index (κ3) is 7.77. The lowest BCUT2D eigenvalue weighted by molar-refractivity contribution is -0.593. The topological polar surface area (TPSA) is 81.0 Å². The summed E-state index contributed by atoms with van der Waals surface area (Å²) in [5.41, 5.74) is 0. The Morgan fingerprint density at radius 3 is 2.33 bits per heavy atom. The van der Waals surface area contributed by atoms with Gasteiger partial charge in [0.25, 0.3) is 0 Å². The summed E-state index contributed by atoms with van der Waals surface area (Å²) in [7, 11) is 0. The number of esters is 1. The Hall–Kier alpha value is -1.99. The molecule has 0 unspecified atom stereocenters. The number of hydrogen-bond donors (Lipinski definition) is 3.